The van der Waals surface area contributed by atoms with Gasteiger partial charge in [-0.05, 0) is 11.6 Å². The molecule has 0 fully saturated rings. The van der Waals surface area contributed by atoms with E-state index in [-0.39, 0.29) is 12.5 Å². The summed E-state index contributed by atoms with van der Waals surface area (Å²) < 4.78 is 0. The van der Waals surface area contributed by atoms with E-state index in [0.29, 0.717) is 0 Å². The van der Waals surface area contributed by atoms with E-state index in [4.69, 9.17) is 5.26 Å². The zero-order valence-corrected chi connectivity index (χ0v) is 7.60. The Morgan fingerprint density at radius 1 is 1.43 bits per heavy atom. The van der Waals surface area contributed by atoms with Crippen LogP contribution >= 0.6 is 0 Å². The van der Waals surface area contributed by atoms with E-state index in [1.54, 1.807) is 6.08 Å². The Kier molecular flexibility index (Phi) is 3.96. The molecule has 0 atom stereocenters. The Morgan fingerprint density at radius 3 is 2.79 bits per heavy atom. The number of hydrogen-bond acceptors (Lipinski definition) is 2. The van der Waals surface area contributed by atoms with Crippen LogP contribution in [0, 0.1) is 11.3 Å². The largest absolute Gasteiger partial charge is 0.339 e. The third-order valence-electron chi connectivity index (χ3n) is 1.57. The molecule has 1 aromatic rings. The molecule has 1 rings (SSSR count). The molecule has 3 nitrogen and oxygen atoms in total. The number of nitrogens with zero attached hydrogens (tertiary/aromatic N) is 1. The molecule has 1 N–H and O–H groups in total. The molecule has 1 amide bonds. The molecular weight excluding hydrogens is 176 g/mol. The zero-order chi connectivity index (χ0) is 10.2. The van der Waals surface area contributed by atoms with E-state index in [0.717, 1.165) is 5.56 Å². The highest BCUT2D eigenvalue weighted by Crippen LogP contribution is 2.00. The second-order valence-corrected chi connectivity index (χ2v) is 2.62. The van der Waals surface area contributed by atoms with Crippen LogP contribution in [-0.2, 0) is 4.79 Å². The normalized spacial score (nSPS) is 9.64. The summed E-state index contributed by atoms with van der Waals surface area (Å²) in [5.41, 5.74) is 0.958. The van der Waals surface area contributed by atoms with Gasteiger partial charge in [-0.25, -0.2) is 0 Å². The average Bonchev–Trinajstić information content (AvgIpc) is 2.25. The third-order valence-corrected chi connectivity index (χ3v) is 1.57. The Bertz CT molecular complexity index is 363. The van der Waals surface area contributed by atoms with Gasteiger partial charge in [0, 0.05) is 6.08 Å². The zero-order valence-electron chi connectivity index (χ0n) is 7.60. The summed E-state index contributed by atoms with van der Waals surface area (Å²) in [7, 11) is 0. The van der Waals surface area contributed by atoms with E-state index in [1.807, 2.05) is 36.4 Å². The molecule has 0 saturated carbocycles. The molecule has 14 heavy (non-hydrogen) atoms. The second kappa shape index (κ2) is 5.55. The Hall–Kier alpha value is -2.08. The number of carbonyl (C=O) groups excluding carboxylic acids is 1. The fourth-order valence-corrected chi connectivity index (χ4v) is 0.922. The molecule has 0 saturated heterocycles. The van der Waals surface area contributed by atoms with Gasteiger partial charge in [0.1, 0.15) is 6.54 Å². The summed E-state index contributed by atoms with van der Waals surface area (Å²) in [6, 6.07) is 11.3. The van der Waals surface area contributed by atoms with E-state index < -0.39 is 0 Å². The van der Waals surface area contributed by atoms with Crippen LogP contribution in [0.2, 0.25) is 0 Å². The maximum Gasteiger partial charge on any atom is 0.244 e. The van der Waals surface area contributed by atoms with Gasteiger partial charge in [-0.2, -0.15) is 5.26 Å². The lowest BCUT2D eigenvalue weighted by Crippen LogP contribution is -2.20. The Labute approximate surface area is 82.7 Å². The quantitative estimate of drug-likeness (QED) is 0.572. The molecule has 0 bridgehead atoms. The van der Waals surface area contributed by atoms with E-state index in [9.17, 15) is 4.79 Å². The van der Waals surface area contributed by atoms with Crippen LogP contribution in [0.4, 0.5) is 0 Å². The molecule has 0 heterocycles. The SMILES string of the molecule is N#CCNC(=O)/C=C/c1ccccc1. The number of benzene rings is 1. The number of nitrogens with one attached hydrogen (secondary N) is 1. The maximum atomic E-state index is 11.0. The number of nitriles is 1. The second-order valence-electron chi connectivity index (χ2n) is 2.62. The minimum absolute atomic E-state index is 0.0396. The van der Waals surface area contributed by atoms with E-state index in [2.05, 4.69) is 5.32 Å². The minimum atomic E-state index is -0.254. The average molecular weight is 186 g/mol. The topological polar surface area (TPSA) is 52.9 Å². The van der Waals surface area contributed by atoms with Crippen LogP contribution in [0.25, 0.3) is 6.08 Å². The van der Waals surface area contributed by atoms with Crippen molar-refractivity contribution in [2.45, 2.75) is 0 Å². The first kappa shape index (κ1) is 10.0. The van der Waals surface area contributed by atoms with Crippen molar-refractivity contribution >= 4 is 12.0 Å². The van der Waals surface area contributed by atoms with Crippen molar-refractivity contribution in [1.82, 2.24) is 5.32 Å². The maximum absolute atomic E-state index is 11.0. The third kappa shape index (κ3) is 3.55. The monoisotopic (exact) mass is 186 g/mol. The van der Waals surface area contributed by atoms with Gasteiger partial charge in [0.05, 0.1) is 6.07 Å². The number of hydrogen-bond donors (Lipinski definition) is 1. The van der Waals surface area contributed by atoms with Crippen molar-refractivity contribution in [3.05, 3.63) is 42.0 Å². The molecule has 0 aliphatic rings. The lowest BCUT2D eigenvalue weighted by molar-refractivity contribution is -0.116. The molecule has 0 radical (unpaired) electrons. The van der Waals surface area contributed by atoms with Gasteiger partial charge in [-0.3, -0.25) is 4.79 Å². The first-order valence-corrected chi connectivity index (χ1v) is 4.21. The van der Waals surface area contributed by atoms with Gasteiger partial charge in [0.25, 0.3) is 0 Å². The molecule has 0 aliphatic heterocycles. The fraction of sp³-hybridized carbons (Fsp3) is 0.0909. The van der Waals surface area contributed by atoms with Gasteiger partial charge >= 0.3 is 0 Å². The number of amides is 1. The Balaban J connectivity index is 2.49. The lowest BCUT2D eigenvalue weighted by Gasteiger charge is -1.93. The van der Waals surface area contributed by atoms with E-state index in [1.165, 1.54) is 6.08 Å². The highest BCUT2D eigenvalue weighted by Gasteiger charge is 1.91. The standard InChI is InChI=1S/C11H10N2O/c12-8-9-13-11(14)7-6-10-4-2-1-3-5-10/h1-7H,9H2,(H,13,14)/b7-6+. The van der Waals surface area contributed by atoms with Crippen LogP contribution in [0.3, 0.4) is 0 Å². The van der Waals surface area contributed by atoms with Crippen LogP contribution in [-0.4, -0.2) is 12.5 Å². The number of rotatable bonds is 3. The summed E-state index contributed by atoms with van der Waals surface area (Å²) in [5, 5.41) is 10.6. The molecule has 1 aromatic carbocycles. The lowest BCUT2D eigenvalue weighted by atomic mass is 10.2. The van der Waals surface area contributed by atoms with Gasteiger partial charge < -0.3 is 5.32 Å². The van der Waals surface area contributed by atoms with E-state index >= 15 is 0 Å². The van der Waals surface area contributed by atoms with Crippen molar-refractivity contribution in [3.63, 3.8) is 0 Å². The summed E-state index contributed by atoms with van der Waals surface area (Å²) in [6.45, 7) is 0.0396. The van der Waals surface area contributed by atoms with Gasteiger partial charge in [0.15, 0.2) is 0 Å². The predicted molar refractivity (Wildman–Crippen MR) is 54.1 cm³/mol. The van der Waals surface area contributed by atoms with Crippen molar-refractivity contribution in [3.8, 4) is 6.07 Å². The van der Waals surface area contributed by atoms with Crippen LogP contribution < -0.4 is 5.32 Å². The fourth-order valence-electron chi connectivity index (χ4n) is 0.922. The molecular formula is C11H10N2O. The minimum Gasteiger partial charge on any atom is -0.339 e. The van der Waals surface area contributed by atoms with Gasteiger partial charge in [-0.1, -0.05) is 30.3 Å². The van der Waals surface area contributed by atoms with Crippen molar-refractivity contribution in [2.24, 2.45) is 0 Å². The van der Waals surface area contributed by atoms with Crippen LogP contribution in [0.15, 0.2) is 36.4 Å². The summed E-state index contributed by atoms with van der Waals surface area (Å²) in [4.78, 5) is 11.0. The Morgan fingerprint density at radius 2 is 2.14 bits per heavy atom. The summed E-state index contributed by atoms with van der Waals surface area (Å²) in [5.74, 6) is -0.254. The smallest absolute Gasteiger partial charge is 0.244 e. The van der Waals surface area contributed by atoms with Gasteiger partial charge in [0.2, 0.25) is 5.91 Å². The first-order valence-electron chi connectivity index (χ1n) is 4.21. The molecule has 0 spiro atoms. The summed E-state index contributed by atoms with van der Waals surface area (Å²) >= 11 is 0. The molecule has 70 valence electrons. The van der Waals surface area contributed by atoms with Crippen molar-refractivity contribution < 1.29 is 4.79 Å². The molecule has 0 unspecified atom stereocenters. The highest BCUT2D eigenvalue weighted by atomic mass is 16.1. The van der Waals surface area contributed by atoms with Crippen molar-refractivity contribution in [2.75, 3.05) is 6.54 Å². The summed E-state index contributed by atoms with van der Waals surface area (Å²) in [6.07, 6.45) is 3.11. The molecule has 0 aliphatic carbocycles. The van der Waals surface area contributed by atoms with Crippen LogP contribution in [0.5, 0.6) is 0 Å². The first-order chi connectivity index (χ1) is 6.83. The van der Waals surface area contributed by atoms with Gasteiger partial charge in [-0.15, -0.1) is 0 Å². The predicted octanol–water partition coefficient (Wildman–Crippen LogP) is 1.34. The number of carbonyl (C=O) groups is 1. The van der Waals surface area contributed by atoms with Crippen molar-refractivity contribution in [1.29, 1.82) is 5.26 Å². The highest BCUT2D eigenvalue weighted by molar-refractivity contribution is 5.91. The van der Waals surface area contributed by atoms with Crippen LogP contribution in [0.1, 0.15) is 5.56 Å². The molecule has 0 aromatic heterocycles. The molecule has 3 heteroatoms.